The molecule has 0 unspecified atom stereocenters. The Morgan fingerprint density at radius 1 is 1.17 bits per heavy atom. The van der Waals surface area contributed by atoms with Crippen molar-refractivity contribution in [2.24, 2.45) is 0 Å². The fourth-order valence-electron chi connectivity index (χ4n) is 2.44. The zero-order valence-electron chi connectivity index (χ0n) is 15.4. The number of carbonyl (C=O) groups is 2. The number of hydrogen-bond acceptors (Lipinski definition) is 6. The minimum absolute atomic E-state index is 0.0428. The number of nitro groups is 1. The van der Waals surface area contributed by atoms with Crippen LogP contribution in [0.3, 0.4) is 0 Å². The van der Waals surface area contributed by atoms with Gasteiger partial charge >= 0.3 is 12.6 Å². The zero-order valence-corrected chi connectivity index (χ0v) is 15.4. The molecule has 2 rings (SSSR count). The molecule has 0 saturated carbocycles. The maximum absolute atomic E-state index is 12.1. The fourth-order valence-corrected chi connectivity index (χ4v) is 2.44. The number of ether oxygens (including phenoxy) is 2. The van der Waals surface area contributed by atoms with Gasteiger partial charge in [0.1, 0.15) is 5.75 Å². The van der Waals surface area contributed by atoms with Crippen molar-refractivity contribution in [3.05, 3.63) is 69.3 Å². The zero-order chi connectivity index (χ0) is 21.4. The lowest BCUT2D eigenvalue weighted by atomic mass is 10.1. The standard InChI is InChI=1S/C19H18F2N2O6/c1-12-10-14(4-7-16(12)23(26)27)18(25)28-11-17(24)22-9-8-13-2-5-15(6-3-13)29-19(20)21/h2-7,10,19H,8-9,11H2,1H3,(H,22,24). The molecule has 0 aliphatic carbocycles. The van der Waals surface area contributed by atoms with Gasteiger partial charge in [-0.05, 0) is 43.2 Å². The van der Waals surface area contributed by atoms with Crippen LogP contribution in [0.4, 0.5) is 14.5 Å². The quantitative estimate of drug-likeness (QED) is 0.388. The second-order valence-electron chi connectivity index (χ2n) is 5.96. The van der Waals surface area contributed by atoms with E-state index in [9.17, 15) is 28.5 Å². The van der Waals surface area contributed by atoms with Crippen LogP contribution >= 0.6 is 0 Å². The van der Waals surface area contributed by atoms with Gasteiger partial charge in [0.2, 0.25) is 0 Å². The number of aryl methyl sites for hydroxylation is 1. The molecule has 0 aromatic heterocycles. The largest absolute Gasteiger partial charge is 0.452 e. The van der Waals surface area contributed by atoms with Crippen molar-refractivity contribution in [1.29, 1.82) is 0 Å². The molecule has 1 N–H and O–H groups in total. The van der Waals surface area contributed by atoms with E-state index >= 15 is 0 Å². The predicted molar refractivity (Wildman–Crippen MR) is 97.9 cm³/mol. The van der Waals surface area contributed by atoms with Gasteiger partial charge in [-0.2, -0.15) is 8.78 Å². The normalized spacial score (nSPS) is 10.5. The highest BCUT2D eigenvalue weighted by Gasteiger charge is 2.15. The van der Waals surface area contributed by atoms with Crippen LogP contribution in [-0.4, -0.2) is 36.6 Å². The molecule has 1 amide bonds. The summed E-state index contributed by atoms with van der Waals surface area (Å²) in [5, 5.41) is 13.3. The van der Waals surface area contributed by atoms with Gasteiger partial charge < -0.3 is 14.8 Å². The van der Waals surface area contributed by atoms with Gasteiger partial charge in [-0.25, -0.2) is 4.79 Å². The topological polar surface area (TPSA) is 108 Å². The average molecular weight is 408 g/mol. The first kappa shape index (κ1) is 21.7. The third kappa shape index (κ3) is 6.83. The maximum Gasteiger partial charge on any atom is 0.387 e. The molecule has 0 aliphatic rings. The number of alkyl halides is 2. The van der Waals surface area contributed by atoms with Crippen LogP contribution in [0.25, 0.3) is 0 Å². The molecule has 0 atom stereocenters. The third-order valence-corrected chi connectivity index (χ3v) is 3.85. The molecule has 29 heavy (non-hydrogen) atoms. The minimum atomic E-state index is -2.89. The summed E-state index contributed by atoms with van der Waals surface area (Å²) in [5.74, 6) is -1.25. The second kappa shape index (κ2) is 10.1. The van der Waals surface area contributed by atoms with E-state index in [1.165, 1.54) is 37.3 Å². The summed E-state index contributed by atoms with van der Waals surface area (Å²) in [6.45, 7) is -1.65. The van der Waals surface area contributed by atoms with Crippen molar-refractivity contribution in [2.75, 3.05) is 13.2 Å². The van der Waals surface area contributed by atoms with Gasteiger partial charge in [0.25, 0.3) is 11.6 Å². The number of nitrogens with one attached hydrogen (secondary N) is 1. The van der Waals surface area contributed by atoms with Gasteiger partial charge in [-0.3, -0.25) is 14.9 Å². The molecule has 0 bridgehead atoms. The third-order valence-electron chi connectivity index (χ3n) is 3.85. The van der Waals surface area contributed by atoms with E-state index in [0.717, 1.165) is 5.56 Å². The molecule has 8 nitrogen and oxygen atoms in total. The Kier molecular flexibility index (Phi) is 7.58. The van der Waals surface area contributed by atoms with E-state index in [1.807, 2.05) is 0 Å². The number of benzene rings is 2. The molecule has 0 radical (unpaired) electrons. The summed E-state index contributed by atoms with van der Waals surface area (Å²) >= 11 is 0. The lowest BCUT2D eigenvalue weighted by molar-refractivity contribution is -0.385. The Balaban J connectivity index is 1.75. The van der Waals surface area contributed by atoms with E-state index in [2.05, 4.69) is 10.1 Å². The van der Waals surface area contributed by atoms with Crippen LogP contribution in [0.1, 0.15) is 21.5 Å². The van der Waals surface area contributed by atoms with E-state index < -0.39 is 30.0 Å². The van der Waals surface area contributed by atoms with Crippen LogP contribution in [0.2, 0.25) is 0 Å². The lowest BCUT2D eigenvalue weighted by Gasteiger charge is -2.08. The highest BCUT2D eigenvalue weighted by molar-refractivity contribution is 5.91. The number of carbonyl (C=O) groups excluding carboxylic acids is 2. The van der Waals surface area contributed by atoms with Crippen LogP contribution in [0.15, 0.2) is 42.5 Å². The van der Waals surface area contributed by atoms with Crippen LogP contribution in [0, 0.1) is 17.0 Å². The molecule has 2 aromatic rings. The first-order valence-corrected chi connectivity index (χ1v) is 8.49. The Morgan fingerprint density at radius 2 is 1.86 bits per heavy atom. The molecule has 2 aromatic carbocycles. The number of nitro benzene ring substituents is 1. The highest BCUT2D eigenvalue weighted by atomic mass is 19.3. The van der Waals surface area contributed by atoms with E-state index in [1.54, 1.807) is 12.1 Å². The van der Waals surface area contributed by atoms with E-state index in [4.69, 9.17) is 4.74 Å². The van der Waals surface area contributed by atoms with Crippen LogP contribution < -0.4 is 10.1 Å². The van der Waals surface area contributed by atoms with Crippen molar-refractivity contribution < 1.29 is 32.8 Å². The number of amides is 1. The first-order chi connectivity index (χ1) is 13.8. The lowest BCUT2D eigenvalue weighted by Crippen LogP contribution is -2.30. The molecule has 154 valence electrons. The number of hydrogen-bond donors (Lipinski definition) is 1. The molecule has 0 fully saturated rings. The van der Waals surface area contributed by atoms with Gasteiger partial charge in [0.05, 0.1) is 10.5 Å². The Bertz CT molecular complexity index is 887. The molecular formula is C19H18F2N2O6. The van der Waals surface area contributed by atoms with Gasteiger partial charge in [-0.15, -0.1) is 0 Å². The number of nitrogens with zero attached hydrogens (tertiary/aromatic N) is 1. The van der Waals surface area contributed by atoms with Crippen LogP contribution in [-0.2, 0) is 16.0 Å². The second-order valence-corrected chi connectivity index (χ2v) is 5.96. The van der Waals surface area contributed by atoms with Crippen molar-refractivity contribution in [3.8, 4) is 5.75 Å². The smallest absolute Gasteiger partial charge is 0.387 e. The average Bonchev–Trinajstić information content (AvgIpc) is 2.66. The molecule has 10 heteroatoms. The summed E-state index contributed by atoms with van der Waals surface area (Å²) in [5.41, 5.74) is 1.09. The monoisotopic (exact) mass is 408 g/mol. The summed E-state index contributed by atoms with van der Waals surface area (Å²) in [6.07, 6.45) is 0.441. The van der Waals surface area contributed by atoms with Crippen molar-refractivity contribution >= 4 is 17.6 Å². The predicted octanol–water partition coefficient (Wildman–Crippen LogP) is 3.02. The maximum atomic E-state index is 12.1. The van der Waals surface area contributed by atoms with E-state index in [0.29, 0.717) is 12.0 Å². The Morgan fingerprint density at radius 3 is 2.45 bits per heavy atom. The number of halogens is 2. The summed E-state index contributed by atoms with van der Waals surface area (Å²) < 4.78 is 33.3. The number of rotatable bonds is 9. The van der Waals surface area contributed by atoms with Crippen molar-refractivity contribution in [3.63, 3.8) is 0 Å². The number of esters is 1. The molecular weight excluding hydrogens is 390 g/mol. The SMILES string of the molecule is Cc1cc(C(=O)OCC(=O)NCCc2ccc(OC(F)F)cc2)ccc1[N+](=O)[O-]. The van der Waals surface area contributed by atoms with Gasteiger partial charge in [0, 0.05) is 18.2 Å². The minimum Gasteiger partial charge on any atom is -0.452 e. The summed E-state index contributed by atoms with van der Waals surface area (Å²) in [7, 11) is 0. The van der Waals surface area contributed by atoms with Gasteiger partial charge in [0.15, 0.2) is 6.61 Å². The molecule has 0 spiro atoms. The molecule has 0 heterocycles. The van der Waals surface area contributed by atoms with E-state index in [-0.39, 0.29) is 23.5 Å². The van der Waals surface area contributed by atoms with Crippen LogP contribution in [0.5, 0.6) is 5.75 Å². The molecule has 0 saturated heterocycles. The molecule has 0 aliphatic heterocycles. The fraction of sp³-hybridized carbons (Fsp3) is 0.263. The summed E-state index contributed by atoms with van der Waals surface area (Å²) in [4.78, 5) is 33.9. The summed E-state index contributed by atoms with van der Waals surface area (Å²) in [6, 6.07) is 9.77. The van der Waals surface area contributed by atoms with Gasteiger partial charge in [-0.1, -0.05) is 12.1 Å². The van der Waals surface area contributed by atoms with Crippen molar-refractivity contribution in [2.45, 2.75) is 20.0 Å². The Labute approximate surface area is 164 Å². The van der Waals surface area contributed by atoms with Crippen molar-refractivity contribution in [1.82, 2.24) is 5.32 Å². The first-order valence-electron chi connectivity index (χ1n) is 8.49. The Hall–Kier alpha value is -3.56. The highest BCUT2D eigenvalue weighted by Crippen LogP contribution is 2.19.